The van der Waals surface area contributed by atoms with E-state index in [1.54, 1.807) is 12.1 Å². The molecule has 34 heteroatoms. The summed E-state index contributed by atoms with van der Waals surface area (Å²) >= 11 is 3.59. The zero-order chi connectivity index (χ0) is 68.0. The van der Waals surface area contributed by atoms with Crippen molar-refractivity contribution in [3.05, 3.63) is 106 Å². The van der Waals surface area contributed by atoms with Gasteiger partial charge in [0.05, 0.1) is 68.5 Å². The Morgan fingerprint density at radius 1 is 0.558 bits per heavy atom. The number of carbonyl (C=O) groups is 4. The van der Waals surface area contributed by atoms with Crippen molar-refractivity contribution in [1.82, 2.24) is 24.9 Å². The quantitative estimate of drug-likeness (QED) is 0.00662. The van der Waals surface area contributed by atoms with Crippen LogP contribution in [0, 0.1) is 0 Å². The minimum atomic E-state index is -4.49. The number of morpholine rings is 2. The number of ether oxygens (including phenoxy) is 2. The van der Waals surface area contributed by atoms with E-state index in [1.807, 2.05) is 68.7 Å². The summed E-state index contributed by atoms with van der Waals surface area (Å²) in [6.45, 7) is 18.9. The van der Waals surface area contributed by atoms with Crippen LogP contribution in [-0.4, -0.2) is 159 Å². The van der Waals surface area contributed by atoms with Crippen LogP contribution in [0.15, 0.2) is 131 Å². The molecular weight excluding hydrogens is 1320 g/mol. The van der Waals surface area contributed by atoms with Crippen LogP contribution in [0.2, 0.25) is 0 Å². The van der Waals surface area contributed by atoms with Gasteiger partial charge in [0.25, 0.3) is 32.1 Å². The molecule has 0 atom stereocenters. The average Bonchev–Trinajstić information content (AvgIpc) is 1.80. The molecule has 7 aromatic rings. The molecule has 5 heterocycles. The van der Waals surface area contributed by atoms with Gasteiger partial charge in [0.15, 0.2) is 16.7 Å². The Balaban J connectivity index is 1.05. The molecule has 6 N–H and O–H groups in total. The number of hydrogen-bond donors (Lipinski definition) is 6. The highest BCUT2D eigenvalue weighted by Gasteiger charge is 2.26. The number of nitrogens with one attached hydrogen (secondary N) is 4. The lowest BCUT2D eigenvalue weighted by Gasteiger charge is -2.27. The van der Waals surface area contributed by atoms with E-state index < -0.39 is 43.6 Å². The summed E-state index contributed by atoms with van der Waals surface area (Å²) in [5, 5.41) is 31.5. The molecule has 2 saturated heterocycles. The maximum atomic E-state index is 13.7. The minimum absolute atomic E-state index is 0.156. The van der Waals surface area contributed by atoms with Gasteiger partial charge in [-0.1, -0.05) is 41.4 Å². The molecule has 9 rings (SSSR count). The van der Waals surface area contributed by atoms with Gasteiger partial charge in [-0.05, 0) is 144 Å². The Hall–Kier alpha value is -9.00. The number of benzene rings is 4. The molecule has 500 valence electrons. The lowest BCUT2D eigenvalue weighted by Crippen LogP contribution is -2.36. The van der Waals surface area contributed by atoms with Crippen molar-refractivity contribution in [3.63, 3.8) is 0 Å². The van der Waals surface area contributed by atoms with E-state index in [9.17, 15) is 45.1 Å². The monoisotopic (exact) mass is 1390 g/mol. The molecule has 0 bridgehead atoms. The van der Waals surface area contributed by atoms with E-state index in [4.69, 9.17) is 44.6 Å². The van der Waals surface area contributed by atoms with Crippen LogP contribution in [0.3, 0.4) is 0 Å². The maximum absolute atomic E-state index is 13.7. The van der Waals surface area contributed by atoms with Gasteiger partial charge in [-0.25, -0.2) is 0 Å². The fourth-order valence-electron chi connectivity index (χ4n) is 9.73. The van der Waals surface area contributed by atoms with Gasteiger partial charge < -0.3 is 50.3 Å². The topological polar surface area (TPSA) is 370 Å². The minimum Gasteiger partial charge on any atom is -0.378 e. The summed E-state index contributed by atoms with van der Waals surface area (Å²) in [4.78, 5) is 86.3. The van der Waals surface area contributed by atoms with Crippen molar-refractivity contribution in [2.45, 2.75) is 63.4 Å². The number of hydrogen-bond acceptors (Lipinski definition) is 28. The van der Waals surface area contributed by atoms with Crippen LogP contribution in [0.1, 0.15) is 58.2 Å². The summed E-state index contributed by atoms with van der Waals surface area (Å²) < 4.78 is 76.7. The normalized spacial score (nSPS) is 14.1. The van der Waals surface area contributed by atoms with Gasteiger partial charge in [0.2, 0.25) is 22.2 Å². The van der Waals surface area contributed by atoms with Crippen molar-refractivity contribution in [2.75, 3.05) is 125 Å². The first kappa shape index (κ1) is 70.3. The van der Waals surface area contributed by atoms with Crippen molar-refractivity contribution < 1.29 is 54.6 Å². The molecule has 0 unspecified atom stereocenters. The van der Waals surface area contributed by atoms with Crippen LogP contribution in [0.4, 0.5) is 79.3 Å². The molecule has 0 radical (unpaired) electrons. The van der Waals surface area contributed by atoms with Crippen LogP contribution in [0.5, 0.6) is 0 Å². The third-order valence-electron chi connectivity index (χ3n) is 14.6. The first-order chi connectivity index (χ1) is 45.5. The Kier molecular flexibility index (Phi) is 23.7. The van der Waals surface area contributed by atoms with Crippen molar-refractivity contribution >= 4 is 169 Å². The fraction of sp³-hybridized carbons (Fsp3) is 0.328. The maximum Gasteiger partial charge on any atom is 0.294 e. The van der Waals surface area contributed by atoms with Gasteiger partial charge in [-0.3, -0.25) is 28.3 Å². The molecule has 2 amide bonds. The third kappa shape index (κ3) is 18.5. The van der Waals surface area contributed by atoms with Gasteiger partial charge in [0.1, 0.15) is 23.0 Å². The molecule has 3 aromatic heterocycles. The van der Waals surface area contributed by atoms with E-state index in [2.05, 4.69) is 41.3 Å². The van der Waals surface area contributed by atoms with Gasteiger partial charge in [0, 0.05) is 75.1 Å². The number of nitrogens with zero attached hydrogens (tertiary/aromatic N) is 13. The molecule has 0 aliphatic carbocycles. The molecule has 4 aromatic carbocycles. The van der Waals surface area contributed by atoms with Gasteiger partial charge >= 0.3 is 0 Å². The van der Waals surface area contributed by atoms with Crippen LogP contribution >= 0.6 is 34.4 Å². The number of rotatable bonds is 28. The number of carbonyl (C=O) groups excluding carboxylic acids is 4. The summed E-state index contributed by atoms with van der Waals surface area (Å²) in [6, 6.07) is 20.9. The lowest BCUT2D eigenvalue weighted by molar-refractivity contribution is -0.120. The zero-order valence-electron chi connectivity index (χ0n) is 52.8. The van der Waals surface area contributed by atoms with Crippen molar-refractivity contribution in [3.8, 4) is 0 Å². The molecule has 95 heavy (non-hydrogen) atoms. The number of azo groups is 2. The molecule has 29 nitrogen and oxygen atoms in total. The van der Waals surface area contributed by atoms with Crippen molar-refractivity contribution in [1.29, 1.82) is 0 Å². The highest BCUT2D eigenvalue weighted by atomic mass is 32.2. The Bertz CT molecular complexity index is 4050. The Labute approximate surface area is 560 Å². The second-order valence-electron chi connectivity index (χ2n) is 20.8. The number of amides is 2. The van der Waals surface area contributed by atoms with Crippen molar-refractivity contribution in [2.24, 2.45) is 20.5 Å². The fourth-order valence-corrected chi connectivity index (χ4v) is 13.0. The SMILES string of the molecule is CCSc1nc(Nc2cc(N(CC)CC)ccc2N=Nc2nc(N3CCOCC3)c(C=C(C(C)=O)C(=O)Nc3ccc(S(=O)(=O)O)cc3)s2)nc(Nc2cc(N(CC)CC)ccc2N=Nc2nc(N3CCOCC3)c(C=C(C(C)=O)C(=O)Nc3ccc(S(=O)(=O)O)cc3)s2)n1. The van der Waals surface area contributed by atoms with Crippen LogP contribution < -0.4 is 40.9 Å². The average molecular weight is 1390 g/mol. The van der Waals surface area contributed by atoms with E-state index in [1.165, 1.54) is 62.0 Å². The van der Waals surface area contributed by atoms with Crippen LogP contribution in [0.25, 0.3) is 12.2 Å². The highest BCUT2D eigenvalue weighted by molar-refractivity contribution is 7.99. The molecular formula is C61H69N17O12S5. The van der Waals surface area contributed by atoms with E-state index in [-0.39, 0.29) is 54.5 Å². The van der Waals surface area contributed by atoms with E-state index in [0.717, 1.165) is 58.3 Å². The second-order valence-corrected chi connectivity index (χ2v) is 26.9. The molecule has 2 fully saturated rings. The predicted molar refractivity (Wildman–Crippen MR) is 369 cm³/mol. The second kappa shape index (κ2) is 32.0. The largest absolute Gasteiger partial charge is 0.378 e. The van der Waals surface area contributed by atoms with Gasteiger partial charge in [-0.2, -0.15) is 41.8 Å². The standard InChI is InChI=1S/C61H69N17O12S5/c1-8-75(9-2)41-17-23-47(71-73-60-66-53(77-25-29-89-30-26-77)51(92-60)35-45(37(6)79)55(81)62-39-13-19-43(20-14-39)94(83,84)85)49(33-41)64-57-68-58(70-59(69-57)91-12-5)65-50-34-42(76(10-3)11-4)18-24-48(50)72-74-61-67-54(78-27-31-90-32-28-78)52(93-61)36-46(38(7)80)56(82)63-40-15-21-44(22-16-40)95(86,87)88/h13-24,33-36H,8-12,25-32H2,1-7H3,(H,62,81)(H,63,82)(H,83,84,85)(H,86,87,88)(H2,64,65,68,69,70). The number of anilines is 10. The number of Topliss-reactive ketones (excluding diaryl/α,β-unsaturated/α-hetero) is 2. The summed E-state index contributed by atoms with van der Waals surface area (Å²) in [5.74, 6) is -0.807. The Morgan fingerprint density at radius 3 is 1.27 bits per heavy atom. The summed E-state index contributed by atoms with van der Waals surface area (Å²) in [7, 11) is -8.97. The zero-order valence-corrected chi connectivity index (χ0v) is 56.8. The Morgan fingerprint density at radius 2 is 0.937 bits per heavy atom. The van der Waals surface area contributed by atoms with Crippen LogP contribution in [-0.2, 0) is 48.9 Å². The molecule has 2 aliphatic heterocycles. The summed E-state index contributed by atoms with van der Waals surface area (Å²) in [6.07, 6.45) is 2.87. The number of aromatic nitrogens is 5. The molecule has 0 saturated carbocycles. The first-order valence-electron chi connectivity index (χ1n) is 30.0. The smallest absolute Gasteiger partial charge is 0.294 e. The highest BCUT2D eigenvalue weighted by Crippen LogP contribution is 2.41. The molecule has 0 spiro atoms. The third-order valence-corrected chi connectivity index (χ3v) is 18.8. The lowest BCUT2D eigenvalue weighted by atomic mass is 10.1. The van der Waals surface area contributed by atoms with E-state index in [0.29, 0.717) is 134 Å². The van der Waals surface area contributed by atoms with E-state index >= 15 is 0 Å². The molecule has 2 aliphatic rings. The van der Waals surface area contributed by atoms with Gasteiger partial charge in [-0.15, -0.1) is 20.5 Å². The number of thiazole rings is 2. The number of ketones is 2. The first-order valence-corrected chi connectivity index (χ1v) is 35.5. The predicted octanol–water partition coefficient (Wildman–Crippen LogP) is 11.3. The number of thioether (sulfide) groups is 1. The summed E-state index contributed by atoms with van der Waals surface area (Å²) in [5.41, 5.74) is 3.38.